The van der Waals surface area contributed by atoms with Crippen LogP contribution in [0.1, 0.15) is 24.8 Å². The van der Waals surface area contributed by atoms with Crippen LogP contribution in [0.4, 0.5) is 4.39 Å². The minimum atomic E-state index is -0.341. The number of hydrogen-bond acceptors (Lipinski definition) is 2. The lowest BCUT2D eigenvalue weighted by molar-refractivity contribution is -0.116. The van der Waals surface area contributed by atoms with Gasteiger partial charge in [-0.1, -0.05) is 15.9 Å². The number of aliphatic hydroxyl groups is 1. The van der Waals surface area contributed by atoms with Crippen molar-refractivity contribution >= 4 is 21.7 Å². The Hall–Kier alpha value is -1.16. The Balaban J connectivity index is 2.31. The van der Waals surface area contributed by atoms with E-state index in [-0.39, 0.29) is 23.8 Å². The van der Waals surface area contributed by atoms with Crippen molar-refractivity contribution in [2.24, 2.45) is 0 Å². The largest absolute Gasteiger partial charge is 0.512 e. The Bertz CT molecular complexity index is 494. The summed E-state index contributed by atoms with van der Waals surface area (Å²) in [5.74, 6) is -0.228. The van der Waals surface area contributed by atoms with E-state index in [0.29, 0.717) is 30.4 Å². The van der Waals surface area contributed by atoms with Gasteiger partial charge in [0.25, 0.3) is 0 Å². The fourth-order valence-corrected chi connectivity index (χ4v) is 2.34. The molecule has 4 heteroatoms. The van der Waals surface area contributed by atoms with E-state index in [9.17, 15) is 14.3 Å². The smallest absolute Gasteiger partial charge is 0.162 e. The molecule has 17 heavy (non-hydrogen) atoms. The number of benzene rings is 1. The van der Waals surface area contributed by atoms with Crippen molar-refractivity contribution in [2.45, 2.75) is 25.7 Å². The lowest BCUT2D eigenvalue weighted by Gasteiger charge is -2.15. The summed E-state index contributed by atoms with van der Waals surface area (Å²) in [6, 6.07) is 4.34. The fourth-order valence-electron chi connectivity index (χ4n) is 1.95. The van der Waals surface area contributed by atoms with Crippen LogP contribution in [0.15, 0.2) is 34.0 Å². The zero-order chi connectivity index (χ0) is 12.4. The Morgan fingerprint density at radius 2 is 2.12 bits per heavy atom. The lowest BCUT2D eigenvalue weighted by Crippen LogP contribution is -2.14. The summed E-state index contributed by atoms with van der Waals surface area (Å²) in [6.45, 7) is 0. The van der Waals surface area contributed by atoms with Crippen LogP contribution in [0, 0.1) is 5.82 Å². The van der Waals surface area contributed by atoms with Crippen molar-refractivity contribution in [3.63, 3.8) is 0 Å². The minimum absolute atomic E-state index is 0.0371. The van der Waals surface area contributed by atoms with Gasteiger partial charge >= 0.3 is 0 Å². The molecule has 0 heterocycles. The van der Waals surface area contributed by atoms with Crippen LogP contribution in [-0.4, -0.2) is 10.9 Å². The van der Waals surface area contributed by atoms with E-state index in [4.69, 9.17) is 0 Å². The summed E-state index contributed by atoms with van der Waals surface area (Å²) < 4.78 is 13.9. The summed E-state index contributed by atoms with van der Waals surface area (Å²) in [4.78, 5) is 11.7. The van der Waals surface area contributed by atoms with Crippen molar-refractivity contribution < 1.29 is 14.3 Å². The third-order valence-corrected chi connectivity index (χ3v) is 3.65. The number of Topliss-reactive ketones (excluding diaryl/α,β-unsaturated/α-hetero) is 1. The van der Waals surface area contributed by atoms with E-state index < -0.39 is 0 Å². The van der Waals surface area contributed by atoms with Crippen molar-refractivity contribution in [3.05, 3.63) is 45.4 Å². The number of carbonyl (C=O) groups is 1. The molecule has 0 radical (unpaired) electrons. The summed E-state index contributed by atoms with van der Waals surface area (Å²) in [5, 5.41) is 9.71. The molecule has 0 saturated carbocycles. The molecule has 1 N–H and O–H groups in total. The highest BCUT2D eigenvalue weighted by molar-refractivity contribution is 9.10. The van der Waals surface area contributed by atoms with Crippen LogP contribution in [0.2, 0.25) is 0 Å². The first-order valence-corrected chi connectivity index (χ1v) is 6.25. The van der Waals surface area contributed by atoms with Crippen molar-refractivity contribution in [3.8, 4) is 0 Å². The first-order valence-electron chi connectivity index (χ1n) is 5.46. The van der Waals surface area contributed by atoms with Crippen LogP contribution in [-0.2, 0) is 11.2 Å². The number of carbonyl (C=O) groups excluding carboxylic acids is 1. The van der Waals surface area contributed by atoms with Gasteiger partial charge < -0.3 is 5.11 Å². The molecule has 1 aromatic rings. The Morgan fingerprint density at radius 1 is 1.35 bits per heavy atom. The third-order valence-electron chi connectivity index (χ3n) is 2.88. The maximum Gasteiger partial charge on any atom is 0.162 e. The molecule has 0 saturated heterocycles. The van der Waals surface area contributed by atoms with E-state index >= 15 is 0 Å². The Morgan fingerprint density at radius 3 is 2.82 bits per heavy atom. The minimum Gasteiger partial charge on any atom is -0.512 e. The number of ketones is 1. The van der Waals surface area contributed by atoms with Crippen LogP contribution in [0.3, 0.4) is 0 Å². The maximum absolute atomic E-state index is 13.1. The van der Waals surface area contributed by atoms with E-state index in [1.54, 1.807) is 6.07 Å². The molecule has 0 aromatic heterocycles. The first-order chi connectivity index (χ1) is 8.08. The quantitative estimate of drug-likeness (QED) is 0.904. The molecule has 0 spiro atoms. The Kier molecular flexibility index (Phi) is 3.62. The van der Waals surface area contributed by atoms with Gasteiger partial charge in [0, 0.05) is 29.3 Å². The zero-order valence-electron chi connectivity index (χ0n) is 9.17. The van der Waals surface area contributed by atoms with E-state index in [1.165, 1.54) is 12.1 Å². The predicted molar refractivity (Wildman–Crippen MR) is 66.3 cm³/mol. The molecule has 0 amide bonds. The van der Waals surface area contributed by atoms with Gasteiger partial charge in [0.1, 0.15) is 5.82 Å². The summed E-state index contributed by atoms with van der Waals surface area (Å²) >= 11 is 3.31. The molecular formula is C13H12BrFO2. The molecule has 1 aromatic carbocycles. The molecule has 2 nitrogen and oxygen atoms in total. The van der Waals surface area contributed by atoms with Crippen molar-refractivity contribution in [2.75, 3.05) is 0 Å². The monoisotopic (exact) mass is 298 g/mol. The van der Waals surface area contributed by atoms with Gasteiger partial charge in [-0.2, -0.15) is 0 Å². The van der Waals surface area contributed by atoms with Gasteiger partial charge in [-0.15, -0.1) is 0 Å². The number of halogens is 2. The average molecular weight is 299 g/mol. The Labute approximate surface area is 107 Å². The van der Waals surface area contributed by atoms with Crippen molar-refractivity contribution in [1.29, 1.82) is 0 Å². The third kappa shape index (κ3) is 2.75. The van der Waals surface area contributed by atoms with Crippen LogP contribution >= 0.6 is 15.9 Å². The van der Waals surface area contributed by atoms with Gasteiger partial charge in [0.15, 0.2) is 5.78 Å². The molecule has 0 unspecified atom stereocenters. The first kappa shape index (κ1) is 12.3. The zero-order valence-corrected chi connectivity index (χ0v) is 10.8. The van der Waals surface area contributed by atoms with E-state index in [0.717, 1.165) is 4.47 Å². The topological polar surface area (TPSA) is 37.3 Å². The number of allylic oxidation sites excluding steroid dienone is 2. The molecule has 0 fully saturated rings. The molecule has 0 aliphatic heterocycles. The van der Waals surface area contributed by atoms with Gasteiger partial charge in [-0.3, -0.25) is 4.79 Å². The lowest BCUT2D eigenvalue weighted by atomic mass is 9.91. The highest BCUT2D eigenvalue weighted by atomic mass is 79.9. The van der Waals surface area contributed by atoms with Gasteiger partial charge in [0.05, 0.1) is 5.76 Å². The van der Waals surface area contributed by atoms with Gasteiger partial charge in [-0.05, 0) is 30.2 Å². The standard InChI is InChI=1S/C13H12BrFO2/c14-11-5-4-9(15)6-8(11)7-10-12(16)2-1-3-13(10)17/h4-6,16H,1-3,7H2. The number of hydrogen-bond donors (Lipinski definition) is 1. The molecule has 0 atom stereocenters. The summed E-state index contributed by atoms with van der Waals surface area (Å²) in [7, 11) is 0. The SMILES string of the molecule is O=C1CCCC(O)=C1Cc1cc(F)ccc1Br. The average Bonchev–Trinajstić information content (AvgIpc) is 2.28. The summed E-state index contributed by atoms with van der Waals surface area (Å²) in [6.07, 6.45) is 1.97. The second-order valence-corrected chi connectivity index (χ2v) is 4.97. The molecule has 1 aliphatic carbocycles. The summed E-state index contributed by atoms with van der Waals surface area (Å²) in [5.41, 5.74) is 1.10. The van der Waals surface area contributed by atoms with Gasteiger partial charge in [-0.25, -0.2) is 4.39 Å². The van der Waals surface area contributed by atoms with E-state index in [1.807, 2.05) is 0 Å². The fraction of sp³-hybridized carbons (Fsp3) is 0.308. The highest BCUT2D eigenvalue weighted by Gasteiger charge is 2.21. The number of rotatable bonds is 2. The highest BCUT2D eigenvalue weighted by Crippen LogP contribution is 2.26. The molecule has 90 valence electrons. The number of aliphatic hydroxyl groups excluding tert-OH is 1. The van der Waals surface area contributed by atoms with E-state index in [2.05, 4.69) is 15.9 Å². The molecule has 0 bridgehead atoms. The second kappa shape index (κ2) is 5.00. The predicted octanol–water partition coefficient (Wildman–Crippen LogP) is 3.70. The van der Waals surface area contributed by atoms with Crippen LogP contribution in [0.5, 0.6) is 0 Å². The van der Waals surface area contributed by atoms with Crippen LogP contribution < -0.4 is 0 Å². The normalized spacial score (nSPS) is 16.5. The van der Waals surface area contributed by atoms with Crippen LogP contribution in [0.25, 0.3) is 0 Å². The molecule has 2 rings (SSSR count). The molecular weight excluding hydrogens is 287 g/mol. The maximum atomic E-state index is 13.1. The van der Waals surface area contributed by atoms with Gasteiger partial charge in [0.2, 0.25) is 0 Å². The molecule has 1 aliphatic rings. The second-order valence-electron chi connectivity index (χ2n) is 4.11. The van der Waals surface area contributed by atoms with Crippen molar-refractivity contribution in [1.82, 2.24) is 0 Å².